The van der Waals surface area contributed by atoms with Gasteiger partial charge in [0.2, 0.25) is 10.7 Å². The van der Waals surface area contributed by atoms with Gasteiger partial charge in [-0.2, -0.15) is 4.98 Å². The second-order valence-corrected chi connectivity index (χ2v) is 7.65. The van der Waals surface area contributed by atoms with Crippen molar-refractivity contribution in [3.05, 3.63) is 53.2 Å². The van der Waals surface area contributed by atoms with Gasteiger partial charge in [0.25, 0.3) is 11.9 Å². The Hall–Kier alpha value is -3.66. The number of nitrogens with zero attached hydrogens (tertiary/aromatic N) is 3. The predicted molar refractivity (Wildman–Crippen MR) is 124 cm³/mol. The van der Waals surface area contributed by atoms with Gasteiger partial charge in [0.15, 0.2) is 11.5 Å². The number of carbonyl (C=O) groups excluding carboxylic acids is 1. The highest BCUT2D eigenvalue weighted by atomic mass is 32.1. The van der Waals surface area contributed by atoms with Gasteiger partial charge >= 0.3 is 0 Å². The van der Waals surface area contributed by atoms with Crippen LogP contribution in [0.2, 0.25) is 0 Å². The first kappa shape index (κ1) is 22.5. The van der Waals surface area contributed by atoms with E-state index in [9.17, 15) is 9.18 Å². The number of ether oxygens (including phenoxy) is 3. The lowest BCUT2D eigenvalue weighted by molar-refractivity contribution is 0.102. The highest BCUT2D eigenvalue weighted by molar-refractivity contribution is 7.15. The van der Waals surface area contributed by atoms with Crippen LogP contribution in [0.15, 0.2) is 41.8 Å². The van der Waals surface area contributed by atoms with E-state index in [-0.39, 0.29) is 11.8 Å². The molecular formula is C23H23FN4O4S. The number of aromatic nitrogens is 3. The zero-order chi connectivity index (χ0) is 23.4. The quantitative estimate of drug-likeness (QED) is 0.369. The minimum absolute atomic E-state index is 0.153. The van der Waals surface area contributed by atoms with E-state index in [4.69, 9.17) is 14.2 Å². The van der Waals surface area contributed by atoms with Gasteiger partial charge in [-0.1, -0.05) is 0 Å². The van der Waals surface area contributed by atoms with Crippen LogP contribution in [0.1, 0.15) is 31.1 Å². The van der Waals surface area contributed by atoms with Crippen molar-refractivity contribution in [2.24, 2.45) is 0 Å². The Morgan fingerprint density at radius 1 is 1.03 bits per heavy atom. The Bertz CT molecular complexity index is 1240. The Kier molecular flexibility index (Phi) is 6.74. The number of thiazole rings is 1. The summed E-state index contributed by atoms with van der Waals surface area (Å²) >= 11 is 1.37. The van der Waals surface area contributed by atoms with Crippen molar-refractivity contribution >= 4 is 28.2 Å². The molecule has 1 amide bonds. The van der Waals surface area contributed by atoms with Gasteiger partial charge in [-0.15, -0.1) is 16.4 Å². The van der Waals surface area contributed by atoms with Gasteiger partial charge in [0, 0.05) is 16.5 Å². The van der Waals surface area contributed by atoms with Gasteiger partial charge in [0.05, 0.1) is 25.5 Å². The molecule has 1 N–H and O–H groups in total. The van der Waals surface area contributed by atoms with Crippen LogP contribution >= 0.6 is 11.3 Å². The minimum Gasteiger partial charge on any atom is -0.490 e. The highest BCUT2D eigenvalue weighted by Crippen LogP contribution is 2.39. The molecule has 33 heavy (non-hydrogen) atoms. The van der Waals surface area contributed by atoms with Crippen molar-refractivity contribution in [1.82, 2.24) is 14.6 Å². The Labute approximate surface area is 193 Å². The second-order valence-electron chi connectivity index (χ2n) is 6.81. The van der Waals surface area contributed by atoms with E-state index in [1.165, 1.54) is 23.5 Å². The van der Waals surface area contributed by atoms with E-state index >= 15 is 0 Å². The molecule has 0 saturated heterocycles. The Morgan fingerprint density at radius 3 is 2.27 bits per heavy atom. The van der Waals surface area contributed by atoms with Gasteiger partial charge in [0.1, 0.15) is 5.82 Å². The molecule has 2 heterocycles. The molecule has 0 aliphatic carbocycles. The van der Waals surface area contributed by atoms with Crippen LogP contribution < -0.4 is 19.5 Å². The molecule has 8 nitrogen and oxygen atoms in total. The molecule has 0 aliphatic rings. The van der Waals surface area contributed by atoms with E-state index in [1.807, 2.05) is 26.2 Å². The Morgan fingerprint density at radius 2 is 1.67 bits per heavy atom. The molecule has 0 saturated carbocycles. The second kappa shape index (κ2) is 9.86. The first-order valence-electron chi connectivity index (χ1n) is 10.5. The predicted octanol–water partition coefficient (Wildman–Crippen LogP) is 5.05. The maximum atomic E-state index is 13.3. The molecule has 0 atom stereocenters. The van der Waals surface area contributed by atoms with Crippen molar-refractivity contribution in [3.63, 3.8) is 0 Å². The number of hydrogen-bond acceptors (Lipinski definition) is 7. The van der Waals surface area contributed by atoms with Crippen molar-refractivity contribution < 1.29 is 23.4 Å². The average Bonchev–Trinajstić information content (AvgIpc) is 3.37. The summed E-state index contributed by atoms with van der Waals surface area (Å²) < 4.78 is 31.9. The zero-order valence-electron chi connectivity index (χ0n) is 18.4. The molecule has 4 rings (SSSR count). The van der Waals surface area contributed by atoms with Crippen LogP contribution in [0.3, 0.4) is 0 Å². The number of nitrogens with one attached hydrogen (secondary N) is 1. The maximum absolute atomic E-state index is 13.3. The van der Waals surface area contributed by atoms with Crippen LogP contribution in [0, 0.1) is 5.82 Å². The summed E-state index contributed by atoms with van der Waals surface area (Å²) in [5.41, 5.74) is 1.86. The van der Waals surface area contributed by atoms with Crippen molar-refractivity contribution in [1.29, 1.82) is 0 Å². The minimum atomic E-state index is -0.415. The van der Waals surface area contributed by atoms with Crippen LogP contribution in [-0.2, 0) is 0 Å². The fourth-order valence-electron chi connectivity index (χ4n) is 3.25. The third kappa shape index (κ3) is 4.75. The molecule has 172 valence electrons. The first-order chi connectivity index (χ1) is 16.0. The molecule has 0 bridgehead atoms. The summed E-state index contributed by atoms with van der Waals surface area (Å²) in [5, 5.41) is 9.01. The summed E-state index contributed by atoms with van der Waals surface area (Å²) in [6.45, 7) is 6.80. The molecule has 2 aromatic heterocycles. The number of benzene rings is 2. The number of fused-ring (bicyclic) bond motifs is 1. The summed E-state index contributed by atoms with van der Waals surface area (Å²) in [4.78, 5) is 18.0. The molecule has 2 aromatic carbocycles. The van der Waals surface area contributed by atoms with Crippen molar-refractivity contribution in [3.8, 4) is 28.5 Å². The number of rotatable bonds is 9. The standard InChI is InChI=1S/C23H23FN4O4S/c1-4-30-18-11-15(12-19(31-5-2)20(18)32-6-3)21(29)25-22-26-23-28(27-22)17(13-33-23)14-7-9-16(24)10-8-14/h7-13H,4-6H2,1-3H3,(H,25,27,29). The first-order valence-corrected chi connectivity index (χ1v) is 11.4. The van der Waals surface area contributed by atoms with Gasteiger partial charge in [-0.25, -0.2) is 8.91 Å². The lowest BCUT2D eigenvalue weighted by Crippen LogP contribution is -2.14. The van der Waals surface area contributed by atoms with Crippen molar-refractivity contribution in [2.75, 3.05) is 25.1 Å². The molecule has 0 unspecified atom stereocenters. The summed E-state index contributed by atoms with van der Waals surface area (Å²) in [6.07, 6.45) is 0. The molecular weight excluding hydrogens is 447 g/mol. The molecule has 0 spiro atoms. The summed E-state index contributed by atoms with van der Waals surface area (Å²) in [7, 11) is 0. The van der Waals surface area contributed by atoms with E-state index < -0.39 is 5.91 Å². The SMILES string of the molecule is CCOc1cc(C(=O)Nc2nc3scc(-c4ccc(F)cc4)n3n2)cc(OCC)c1OCC. The zero-order valence-corrected chi connectivity index (χ0v) is 19.2. The highest BCUT2D eigenvalue weighted by Gasteiger charge is 2.20. The van der Waals surface area contributed by atoms with Crippen LogP contribution in [0.25, 0.3) is 16.2 Å². The van der Waals surface area contributed by atoms with Crippen molar-refractivity contribution in [2.45, 2.75) is 20.8 Å². The van der Waals surface area contributed by atoms with Crippen LogP contribution in [0.5, 0.6) is 17.2 Å². The fourth-order valence-corrected chi connectivity index (χ4v) is 4.08. The average molecular weight is 471 g/mol. The molecule has 4 aromatic rings. The fraction of sp³-hybridized carbons (Fsp3) is 0.261. The number of amides is 1. The largest absolute Gasteiger partial charge is 0.490 e. The number of halogens is 1. The summed E-state index contributed by atoms with van der Waals surface area (Å²) in [5.74, 6) is 0.731. The number of hydrogen-bond donors (Lipinski definition) is 1. The molecule has 10 heteroatoms. The number of anilines is 1. The monoisotopic (exact) mass is 470 g/mol. The Balaban J connectivity index is 1.63. The smallest absolute Gasteiger partial charge is 0.258 e. The number of carbonyl (C=O) groups is 1. The lowest BCUT2D eigenvalue weighted by Gasteiger charge is -2.16. The topological polar surface area (TPSA) is 87.0 Å². The van der Waals surface area contributed by atoms with Crippen LogP contribution in [0.4, 0.5) is 10.3 Å². The van der Waals surface area contributed by atoms with Gasteiger partial charge in [-0.3, -0.25) is 10.1 Å². The van der Waals surface area contributed by atoms with Gasteiger partial charge in [-0.05, 0) is 57.2 Å². The lowest BCUT2D eigenvalue weighted by atomic mass is 10.1. The van der Waals surface area contributed by atoms with E-state index in [1.54, 1.807) is 28.8 Å². The van der Waals surface area contributed by atoms with E-state index in [2.05, 4.69) is 15.4 Å². The normalized spacial score (nSPS) is 10.9. The molecule has 0 radical (unpaired) electrons. The molecule has 0 fully saturated rings. The maximum Gasteiger partial charge on any atom is 0.258 e. The van der Waals surface area contributed by atoms with E-state index in [0.29, 0.717) is 47.6 Å². The van der Waals surface area contributed by atoms with Gasteiger partial charge < -0.3 is 14.2 Å². The summed E-state index contributed by atoms with van der Waals surface area (Å²) in [6, 6.07) is 9.32. The molecule has 0 aliphatic heterocycles. The van der Waals surface area contributed by atoms with E-state index in [0.717, 1.165) is 11.3 Å². The van der Waals surface area contributed by atoms with Crippen LogP contribution in [-0.4, -0.2) is 40.3 Å². The third-order valence-corrected chi connectivity index (χ3v) is 5.43. The third-order valence-electron chi connectivity index (χ3n) is 4.62.